The molecule has 0 saturated carbocycles. The maximum Gasteiger partial charge on any atom is 0.276 e. The largest absolute Gasteiger partial charge is 0.483 e. The Kier molecular flexibility index (Phi) is 6.27. The predicted octanol–water partition coefficient (Wildman–Crippen LogP) is 3.73. The van der Waals surface area contributed by atoms with Gasteiger partial charge < -0.3 is 4.74 Å². The van der Waals surface area contributed by atoms with Gasteiger partial charge >= 0.3 is 0 Å². The van der Waals surface area contributed by atoms with Crippen molar-refractivity contribution in [3.63, 3.8) is 0 Å². The van der Waals surface area contributed by atoms with Gasteiger partial charge in [-0.3, -0.25) is 20.4 Å². The molecule has 5 heteroatoms. The Morgan fingerprint density at radius 2 is 1.54 bits per heavy atom. The number of hydrogen-bond donors (Lipinski definition) is 2. The first kappa shape index (κ1) is 19.4. The van der Waals surface area contributed by atoms with Gasteiger partial charge in [0.2, 0.25) is 5.91 Å². The average molecular weight is 376 g/mol. The van der Waals surface area contributed by atoms with Crippen LogP contribution in [0.5, 0.6) is 5.75 Å². The molecule has 2 N–H and O–H groups in total. The van der Waals surface area contributed by atoms with Crippen molar-refractivity contribution in [3.8, 4) is 5.75 Å². The standard InChI is InChI=1S/C23H24N2O3/c1-16(2)19-11-5-6-13-21(19)28-15-23(27)25-24-22(26)14-18-10-7-9-17-8-3-4-12-20(17)18/h3-13,16H,14-15H2,1-2H3,(H,24,26)(H,25,27). The van der Waals surface area contributed by atoms with Crippen molar-refractivity contribution >= 4 is 22.6 Å². The average Bonchev–Trinajstić information content (AvgIpc) is 2.71. The highest BCUT2D eigenvalue weighted by Gasteiger charge is 2.11. The van der Waals surface area contributed by atoms with Crippen LogP contribution in [0.4, 0.5) is 0 Å². The van der Waals surface area contributed by atoms with Gasteiger partial charge in [0.15, 0.2) is 6.61 Å². The first-order valence-electron chi connectivity index (χ1n) is 9.30. The summed E-state index contributed by atoms with van der Waals surface area (Å²) in [6.07, 6.45) is 0.179. The molecule has 0 unspecified atom stereocenters. The van der Waals surface area contributed by atoms with Gasteiger partial charge in [0.1, 0.15) is 5.75 Å². The van der Waals surface area contributed by atoms with Crippen LogP contribution in [0.3, 0.4) is 0 Å². The summed E-state index contributed by atoms with van der Waals surface area (Å²) in [7, 11) is 0. The molecule has 0 aliphatic carbocycles. The Morgan fingerprint density at radius 3 is 2.36 bits per heavy atom. The van der Waals surface area contributed by atoms with E-state index >= 15 is 0 Å². The molecule has 28 heavy (non-hydrogen) atoms. The topological polar surface area (TPSA) is 67.4 Å². The third-order valence-corrected chi connectivity index (χ3v) is 4.47. The Hall–Kier alpha value is -3.34. The third kappa shape index (κ3) is 4.88. The molecule has 0 atom stereocenters. The van der Waals surface area contributed by atoms with Crippen molar-refractivity contribution in [2.24, 2.45) is 0 Å². The van der Waals surface area contributed by atoms with Crippen LogP contribution in [0, 0.1) is 0 Å². The van der Waals surface area contributed by atoms with E-state index in [0.29, 0.717) is 11.7 Å². The van der Waals surface area contributed by atoms with Crippen LogP contribution < -0.4 is 15.6 Å². The summed E-state index contributed by atoms with van der Waals surface area (Å²) < 4.78 is 5.61. The minimum Gasteiger partial charge on any atom is -0.483 e. The lowest BCUT2D eigenvalue weighted by molar-refractivity contribution is -0.129. The molecule has 0 aromatic heterocycles. The Morgan fingerprint density at radius 1 is 0.857 bits per heavy atom. The number of fused-ring (bicyclic) bond motifs is 1. The molecule has 0 heterocycles. The van der Waals surface area contributed by atoms with Crippen molar-refractivity contribution in [3.05, 3.63) is 77.9 Å². The molecule has 0 saturated heterocycles. The van der Waals surface area contributed by atoms with Crippen molar-refractivity contribution < 1.29 is 14.3 Å². The van der Waals surface area contributed by atoms with E-state index in [2.05, 4.69) is 24.7 Å². The Labute approximate surface area is 164 Å². The molecule has 3 rings (SSSR count). The molecule has 5 nitrogen and oxygen atoms in total. The molecule has 0 aliphatic heterocycles. The van der Waals surface area contributed by atoms with Gasteiger partial charge in [-0.1, -0.05) is 74.5 Å². The van der Waals surface area contributed by atoms with Crippen molar-refractivity contribution in [1.82, 2.24) is 10.9 Å². The maximum absolute atomic E-state index is 12.2. The number of para-hydroxylation sites is 1. The number of rotatable bonds is 6. The highest BCUT2D eigenvalue weighted by Crippen LogP contribution is 2.25. The van der Waals surface area contributed by atoms with Crippen LogP contribution in [-0.2, 0) is 16.0 Å². The van der Waals surface area contributed by atoms with Crippen LogP contribution in [0.1, 0.15) is 30.9 Å². The molecule has 0 fully saturated rings. The number of benzene rings is 3. The van der Waals surface area contributed by atoms with Crippen LogP contribution >= 0.6 is 0 Å². The fourth-order valence-electron chi connectivity index (χ4n) is 3.07. The minimum absolute atomic E-state index is 0.168. The van der Waals surface area contributed by atoms with E-state index < -0.39 is 5.91 Å². The van der Waals surface area contributed by atoms with Crippen LogP contribution in [0.2, 0.25) is 0 Å². The number of hydrogen-bond acceptors (Lipinski definition) is 3. The van der Waals surface area contributed by atoms with Crippen LogP contribution in [-0.4, -0.2) is 18.4 Å². The van der Waals surface area contributed by atoms with Gasteiger partial charge in [-0.25, -0.2) is 0 Å². The van der Waals surface area contributed by atoms with Crippen LogP contribution in [0.15, 0.2) is 66.7 Å². The molecule has 144 valence electrons. The van der Waals surface area contributed by atoms with Crippen molar-refractivity contribution in [1.29, 1.82) is 0 Å². The summed E-state index contributed by atoms with van der Waals surface area (Å²) in [6, 6.07) is 21.3. The Bertz CT molecular complexity index is 977. The maximum atomic E-state index is 12.2. The molecular formula is C23H24N2O3. The molecule has 0 aliphatic rings. The molecule has 3 aromatic rings. The summed E-state index contributed by atoms with van der Waals surface area (Å²) in [5.74, 6) is 0.270. The number of amides is 2. The van der Waals surface area contributed by atoms with E-state index in [0.717, 1.165) is 21.9 Å². The van der Waals surface area contributed by atoms with Crippen molar-refractivity contribution in [2.75, 3.05) is 6.61 Å². The number of nitrogens with one attached hydrogen (secondary N) is 2. The summed E-state index contributed by atoms with van der Waals surface area (Å²) in [6.45, 7) is 3.96. The van der Waals surface area contributed by atoms with E-state index in [1.54, 1.807) is 0 Å². The third-order valence-electron chi connectivity index (χ3n) is 4.47. The van der Waals surface area contributed by atoms with Gasteiger partial charge in [-0.2, -0.15) is 0 Å². The van der Waals surface area contributed by atoms with E-state index in [1.807, 2.05) is 66.7 Å². The second-order valence-electron chi connectivity index (χ2n) is 6.89. The highest BCUT2D eigenvalue weighted by atomic mass is 16.5. The fourth-order valence-corrected chi connectivity index (χ4v) is 3.07. The van der Waals surface area contributed by atoms with Gasteiger partial charge in [0, 0.05) is 0 Å². The number of carbonyl (C=O) groups is 2. The van der Waals surface area contributed by atoms with Crippen LogP contribution in [0.25, 0.3) is 10.8 Å². The molecule has 3 aromatic carbocycles. The molecule has 0 spiro atoms. The first-order valence-corrected chi connectivity index (χ1v) is 9.30. The summed E-state index contributed by atoms with van der Waals surface area (Å²) >= 11 is 0. The zero-order chi connectivity index (χ0) is 19.9. The normalized spacial score (nSPS) is 10.7. The van der Waals surface area contributed by atoms with E-state index in [1.165, 1.54) is 0 Å². The summed E-state index contributed by atoms with van der Waals surface area (Å²) in [5, 5.41) is 2.11. The summed E-state index contributed by atoms with van der Waals surface area (Å²) in [4.78, 5) is 24.2. The Balaban J connectivity index is 1.51. The minimum atomic E-state index is -0.412. The predicted molar refractivity (Wildman–Crippen MR) is 110 cm³/mol. The number of hydrazine groups is 1. The lowest BCUT2D eigenvalue weighted by Crippen LogP contribution is -2.44. The van der Waals surface area contributed by atoms with Gasteiger partial charge in [-0.05, 0) is 33.9 Å². The quantitative estimate of drug-likeness (QED) is 0.644. The number of ether oxygens (including phenoxy) is 1. The zero-order valence-electron chi connectivity index (χ0n) is 16.1. The smallest absolute Gasteiger partial charge is 0.276 e. The summed E-state index contributed by atoms with van der Waals surface area (Å²) in [5.41, 5.74) is 6.80. The fraction of sp³-hybridized carbons (Fsp3) is 0.217. The number of carbonyl (C=O) groups excluding carboxylic acids is 2. The van der Waals surface area contributed by atoms with E-state index in [9.17, 15) is 9.59 Å². The van der Waals surface area contributed by atoms with Crippen molar-refractivity contribution in [2.45, 2.75) is 26.2 Å². The second-order valence-corrected chi connectivity index (χ2v) is 6.89. The molecule has 2 amide bonds. The second kappa shape index (κ2) is 9.04. The first-order chi connectivity index (χ1) is 13.5. The zero-order valence-corrected chi connectivity index (χ0v) is 16.1. The lowest BCUT2D eigenvalue weighted by Gasteiger charge is -2.14. The van der Waals surface area contributed by atoms with E-state index in [-0.39, 0.29) is 18.9 Å². The SMILES string of the molecule is CC(C)c1ccccc1OCC(=O)NNC(=O)Cc1cccc2ccccc12. The van der Waals surface area contributed by atoms with Gasteiger partial charge in [-0.15, -0.1) is 0 Å². The van der Waals surface area contributed by atoms with Gasteiger partial charge in [0.05, 0.1) is 6.42 Å². The van der Waals surface area contributed by atoms with Gasteiger partial charge in [0.25, 0.3) is 5.91 Å². The molecular weight excluding hydrogens is 352 g/mol. The lowest BCUT2D eigenvalue weighted by atomic mass is 10.0. The molecule has 0 radical (unpaired) electrons. The molecule has 0 bridgehead atoms. The highest BCUT2D eigenvalue weighted by molar-refractivity contribution is 5.91. The van der Waals surface area contributed by atoms with E-state index in [4.69, 9.17) is 4.74 Å². The monoisotopic (exact) mass is 376 g/mol.